The number of rotatable bonds is 4. The first-order valence-electron chi connectivity index (χ1n) is 6.59. The average Bonchev–Trinajstić information content (AvgIpc) is 2.39. The molecule has 1 aliphatic heterocycles. The van der Waals surface area contributed by atoms with Crippen LogP contribution in [0.4, 0.5) is 5.82 Å². The molecule has 2 N–H and O–H groups in total. The van der Waals surface area contributed by atoms with Crippen LogP contribution < -0.4 is 5.32 Å². The van der Waals surface area contributed by atoms with Gasteiger partial charge in [0.15, 0.2) is 0 Å². The molecular weight excluding hydrogens is 228 g/mol. The summed E-state index contributed by atoms with van der Waals surface area (Å²) in [7, 11) is 1.88. The molecule has 1 aromatic heterocycles. The highest BCUT2D eigenvalue weighted by atomic mass is 16.3. The van der Waals surface area contributed by atoms with Crippen molar-refractivity contribution in [3.05, 3.63) is 17.6 Å². The van der Waals surface area contributed by atoms with Crippen LogP contribution in [0.5, 0.6) is 0 Å². The van der Waals surface area contributed by atoms with Crippen molar-refractivity contribution < 1.29 is 5.11 Å². The van der Waals surface area contributed by atoms with Crippen molar-refractivity contribution in [3.8, 4) is 0 Å². The van der Waals surface area contributed by atoms with Crippen LogP contribution >= 0.6 is 0 Å². The molecule has 2 rings (SSSR count). The van der Waals surface area contributed by atoms with Crippen molar-refractivity contribution >= 4 is 5.82 Å². The predicted octanol–water partition coefficient (Wildman–Crippen LogP) is 0.998. The van der Waals surface area contributed by atoms with E-state index in [1.54, 1.807) is 0 Å². The molecule has 0 spiro atoms. The maximum Gasteiger partial charge on any atom is 0.129 e. The molecular formula is C13H22N4O. The Morgan fingerprint density at radius 2 is 2.11 bits per heavy atom. The summed E-state index contributed by atoms with van der Waals surface area (Å²) < 4.78 is 0. The summed E-state index contributed by atoms with van der Waals surface area (Å²) in [6, 6.07) is 2.05. The Morgan fingerprint density at radius 1 is 1.39 bits per heavy atom. The molecule has 0 bridgehead atoms. The Kier molecular flexibility index (Phi) is 4.49. The van der Waals surface area contributed by atoms with Gasteiger partial charge in [-0.25, -0.2) is 9.97 Å². The third-order valence-electron chi connectivity index (χ3n) is 3.54. The normalized spacial score (nSPS) is 17.9. The molecule has 1 aliphatic rings. The van der Waals surface area contributed by atoms with Gasteiger partial charge in [0, 0.05) is 31.3 Å². The third-order valence-corrected chi connectivity index (χ3v) is 3.54. The van der Waals surface area contributed by atoms with Gasteiger partial charge in [-0.2, -0.15) is 0 Å². The molecule has 0 aliphatic carbocycles. The minimum atomic E-state index is 0.251. The van der Waals surface area contributed by atoms with Gasteiger partial charge in [0.05, 0.1) is 6.61 Å². The Balaban J connectivity index is 2.02. The molecule has 0 saturated carbocycles. The number of hydrogen-bond acceptors (Lipinski definition) is 5. The van der Waals surface area contributed by atoms with E-state index in [2.05, 4.69) is 26.3 Å². The maximum absolute atomic E-state index is 8.94. The van der Waals surface area contributed by atoms with E-state index in [1.165, 1.54) is 0 Å². The molecule has 1 saturated heterocycles. The molecule has 5 nitrogen and oxygen atoms in total. The van der Waals surface area contributed by atoms with Crippen LogP contribution in [0.15, 0.2) is 6.07 Å². The molecule has 18 heavy (non-hydrogen) atoms. The molecule has 1 fully saturated rings. The summed E-state index contributed by atoms with van der Waals surface area (Å²) in [6.45, 7) is 5.07. The highest BCUT2D eigenvalue weighted by molar-refractivity contribution is 5.36. The van der Waals surface area contributed by atoms with E-state index in [4.69, 9.17) is 5.11 Å². The number of β-amino-alcohol motifs (C(OH)–C–C–N with tert-alkyl or cyclic N) is 1. The monoisotopic (exact) mass is 250 g/mol. The van der Waals surface area contributed by atoms with Crippen LogP contribution in [-0.4, -0.2) is 53.3 Å². The molecule has 0 radical (unpaired) electrons. The van der Waals surface area contributed by atoms with Crippen molar-refractivity contribution in [2.75, 3.05) is 38.6 Å². The van der Waals surface area contributed by atoms with Crippen LogP contribution in [-0.2, 0) is 0 Å². The Hall–Kier alpha value is -1.20. The van der Waals surface area contributed by atoms with E-state index >= 15 is 0 Å². The number of aliphatic hydroxyl groups excluding tert-OH is 1. The Morgan fingerprint density at radius 3 is 2.72 bits per heavy atom. The molecule has 0 unspecified atom stereocenters. The summed E-state index contributed by atoms with van der Waals surface area (Å²) in [6.07, 6.45) is 2.22. The quantitative estimate of drug-likeness (QED) is 0.834. The lowest BCUT2D eigenvalue weighted by Gasteiger charge is -2.31. The molecule has 0 aromatic carbocycles. The van der Waals surface area contributed by atoms with Crippen LogP contribution in [0.1, 0.15) is 30.3 Å². The number of hydrogen-bond donors (Lipinski definition) is 2. The van der Waals surface area contributed by atoms with E-state index in [9.17, 15) is 0 Å². The van der Waals surface area contributed by atoms with Gasteiger partial charge < -0.3 is 15.3 Å². The third kappa shape index (κ3) is 3.17. The SMILES string of the molecule is CNc1cc(C2CCN(CCO)CC2)nc(C)n1. The van der Waals surface area contributed by atoms with Gasteiger partial charge in [-0.05, 0) is 32.9 Å². The molecule has 5 heteroatoms. The number of aryl methyl sites for hydroxylation is 1. The van der Waals surface area contributed by atoms with E-state index in [-0.39, 0.29) is 6.61 Å². The molecule has 0 amide bonds. The number of nitrogens with one attached hydrogen (secondary N) is 1. The summed E-state index contributed by atoms with van der Waals surface area (Å²) in [5.41, 5.74) is 1.15. The second-order valence-corrected chi connectivity index (χ2v) is 4.81. The van der Waals surface area contributed by atoms with Crippen molar-refractivity contribution in [2.45, 2.75) is 25.7 Å². The van der Waals surface area contributed by atoms with Crippen LogP contribution in [0.2, 0.25) is 0 Å². The number of piperidine rings is 1. The second kappa shape index (κ2) is 6.11. The zero-order chi connectivity index (χ0) is 13.0. The van der Waals surface area contributed by atoms with Crippen molar-refractivity contribution in [3.63, 3.8) is 0 Å². The fourth-order valence-electron chi connectivity index (χ4n) is 2.52. The van der Waals surface area contributed by atoms with Gasteiger partial charge in [0.2, 0.25) is 0 Å². The highest BCUT2D eigenvalue weighted by Gasteiger charge is 2.21. The average molecular weight is 250 g/mol. The van der Waals surface area contributed by atoms with Gasteiger partial charge in [0.1, 0.15) is 11.6 Å². The lowest BCUT2D eigenvalue weighted by molar-refractivity contribution is 0.163. The van der Waals surface area contributed by atoms with E-state index in [0.717, 1.165) is 49.8 Å². The van der Waals surface area contributed by atoms with Gasteiger partial charge in [-0.3, -0.25) is 0 Å². The highest BCUT2D eigenvalue weighted by Crippen LogP contribution is 2.27. The number of aromatic nitrogens is 2. The number of likely N-dealkylation sites (tertiary alicyclic amines) is 1. The van der Waals surface area contributed by atoms with E-state index in [1.807, 2.05) is 14.0 Å². The first-order valence-corrected chi connectivity index (χ1v) is 6.59. The van der Waals surface area contributed by atoms with Gasteiger partial charge in [0.25, 0.3) is 0 Å². The lowest BCUT2D eigenvalue weighted by Crippen LogP contribution is -2.35. The van der Waals surface area contributed by atoms with Gasteiger partial charge in [-0.15, -0.1) is 0 Å². The largest absolute Gasteiger partial charge is 0.395 e. The zero-order valence-electron chi connectivity index (χ0n) is 11.2. The summed E-state index contributed by atoms with van der Waals surface area (Å²) in [4.78, 5) is 11.2. The topological polar surface area (TPSA) is 61.3 Å². The predicted molar refractivity (Wildman–Crippen MR) is 71.8 cm³/mol. The minimum Gasteiger partial charge on any atom is -0.395 e. The minimum absolute atomic E-state index is 0.251. The van der Waals surface area contributed by atoms with Crippen LogP contribution in [0, 0.1) is 6.92 Å². The molecule has 1 aromatic rings. The summed E-state index contributed by atoms with van der Waals surface area (Å²) in [5.74, 6) is 2.25. The summed E-state index contributed by atoms with van der Waals surface area (Å²) >= 11 is 0. The van der Waals surface area contributed by atoms with Crippen LogP contribution in [0.3, 0.4) is 0 Å². The fourth-order valence-corrected chi connectivity index (χ4v) is 2.52. The smallest absolute Gasteiger partial charge is 0.129 e. The van der Waals surface area contributed by atoms with E-state index < -0.39 is 0 Å². The standard InChI is InChI=1S/C13H22N4O/c1-10-15-12(9-13(14-2)16-10)11-3-5-17(6-4-11)7-8-18/h9,11,18H,3-8H2,1-2H3,(H,14,15,16). The second-order valence-electron chi connectivity index (χ2n) is 4.81. The molecule has 0 atom stereocenters. The van der Waals surface area contributed by atoms with Crippen molar-refractivity contribution in [1.82, 2.24) is 14.9 Å². The Bertz CT molecular complexity index is 389. The van der Waals surface area contributed by atoms with Gasteiger partial charge >= 0.3 is 0 Å². The van der Waals surface area contributed by atoms with Crippen LogP contribution in [0.25, 0.3) is 0 Å². The zero-order valence-corrected chi connectivity index (χ0v) is 11.2. The van der Waals surface area contributed by atoms with Crippen molar-refractivity contribution in [2.24, 2.45) is 0 Å². The molecule has 100 valence electrons. The number of nitrogens with zero attached hydrogens (tertiary/aromatic N) is 3. The number of aliphatic hydroxyl groups is 1. The van der Waals surface area contributed by atoms with Crippen molar-refractivity contribution in [1.29, 1.82) is 0 Å². The Labute approximate surface area is 108 Å². The van der Waals surface area contributed by atoms with Gasteiger partial charge in [-0.1, -0.05) is 0 Å². The molecule has 2 heterocycles. The van der Waals surface area contributed by atoms with E-state index in [0.29, 0.717) is 5.92 Å². The first-order chi connectivity index (χ1) is 8.72. The lowest BCUT2D eigenvalue weighted by atomic mass is 9.93. The maximum atomic E-state index is 8.94. The number of anilines is 1. The fraction of sp³-hybridized carbons (Fsp3) is 0.692. The first kappa shape index (κ1) is 13.2. The summed E-state index contributed by atoms with van der Waals surface area (Å²) in [5, 5.41) is 12.0.